The summed E-state index contributed by atoms with van der Waals surface area (Å²) in [7, 11) is 0. The van der Waals surface area contributed by atoms with Gasteiger partial charge in [-0.3, -0.25) is 9.69 Å². The molecule has 0 saturated carbocycles. The Morgan fingerprint density at radius 1 is 1.22 bits per heavy atom. The van der Waals surface area contributed by atoms with Crippen LogP contribution in [0.25, 0.3) is 0 Å². The van der Waals surface area contributed by atoms with E-state index in [-0.39, 0.29) is 23.7 Å². The van der Waals surface area contributed by atoms with Crippen LogP contribution in [0.4, 0.5) is 4.39 Å². The zero-order chi connectivity index (χ0) is 16.2. The lowest BCUT2D eigenvalue weighted by Gasteiger charge is -2.37. The molecule has 0 aliphatic carbocycles. The third-order valence-electron chi connectivity index (χ3n) is 4.86. The molecule has 23 heavy (non-hydrogen) atoms. The number of amides is 1. The Balaban J connectivity index is 1.58. The first-order chi connectivity index (χ1) is 11.1. The topological polar surface area (TPSA) is 43.8 Å². The second kappa shape index (κ2) is 7.41. The summed E-state index contributed by atoms with van der Waals surface area (Å²) < 4.78 is 13.3. The third-order valence-corrected chi connectivity index (χ3v) is 4.86. The molecule has 2 aliphatic rings. The number of hydrogen-bond acceptors (Lipinski definition) is 3. The first-order valence-electron chi connectivity index (χ1n) is 8.55. The number of β-amino-alcohol motifs (C(OH)–C–C–N with tert-alkyl or cyclic N) is 1. The predicted octanol–water partition coefficient (Wildman–Crippen LogP) is 2.02. The first-order valence-corrected chi connectivity index (χ1v) is 8.55. The lowest BCUT2D eigenvalue weighted by molar-refractivity contribution is -0.140. The van der Waals surface area contributed by atoms with Crippen molar-refractivity contribution in [1.82, 2.24) is 9.80 Å². The van der Waals surface area contributed by atoms with E-state index in [0.717, 1.165) is 50.9 Å². The van der Waals surface area contributed by atoms with E-state index in [0.29, 0.717) is 13.1 Å². The van der Waals surface area contributed by atoms with E-state index >= 15 is 0 Å². The molecule has 0 aromatic heterocycles. The average molecular weight is 320 g/mol. The van der Waals surface area contributed by atoms with Crippen LogP contribution >= 0.6 is 0 Å². The summed E-state index contributed by atoms with van der Waals surface area (Å²) in [6.45, 7) is 3.59. The Hall–Kier alpha value is -1.46. The maximum atomic E-state index is 13.3. The maximum absolute atomic E-state index is 13.3. The number of carbonyl (C=O) groups excluding carboxylic acids is 1. The third kappa shape index (κ3) is 4.30. The number of likely N-dealkylation sites (tertiary alicyclic amines) is 2. The molecular weight excluding hydrogens is 295 g/mol. The van der Waals surface area contributed by atoms with Gasteiger partial charge >= 0.3 is 0 Å². The van der Waals surface area contributed by atoms with Crippen molar-refractivity contribution in [1.29, 1.82) is 0 Å². The molecule has 5 heteroatoms. The average Bonchev–Trinajstić information content (AvgIpc) is 2.54. The van der Waals surface area contributed by atoms with Gasteiger partial charge in [-0.05, 0) is 49.9 Å². The van der Waals surface area contributed by atoms with Crippen molar-refractivity contribution >= 4 is 5.91 Å². The summed E-state index contributed by atoms with van der Waals surface area (Å²) in [6.07, 6.45) is 3.19. The van der Waals surface area contributed by atoms with Gasteiger partial charge in [0.1, 0.15) is 5.82 Å². The molecule has 2 unspecified atom stereocenters. The molecule has 2 heterocycles. The van der Waals surface area contributed by atoms with Crippen molar-refractivity contribution in [2.24, 2.45) is 5.92 Å². The molecule has 1 N–H and O–H groups in total. The molecule has 2 atom stereocenters. The smallest absolute Gasteiger partial charge is 0.227 e. The Labute approximate surface area is 136 Å². The Kier molecular flexibility index (Phi) is 5.28. The summed E-state index contributed by atoms with van der Waals surface area (Å²) in [5.41, 5.74) is 0.950. The summed E-state index contributed by atoms with van der Waals surface area (Å²) in [4.78, 5) is 16.7. The van der Waals surface area contributed by atoms with Crippen molar-refractivity contribution in [2.75, 3.05) is 26.2 Å². The number of piperidine rings is 2. The van der Waals surface area contributed by atoms with Crippen LogP contribution in [0.1, 0.15) is 31.2 Å². The molecule has 1 aromatic carbocycles. The summed E-state index contributed by atoms with van der Waals surface area (Å²) in [5, 5.41) is 9.76. The van der Waals surface area contributed by atoms with E-state index in [1.54, 1.807) is 12.1 Å². The lowest BCUT2D eigenvalue weighted by atomic mass is 9.95. The molecule has 2 aliphatic heterocycles. The number of aliphatic hydroxyl groups excluding tert-OH is 1. The number of nitrogens with zero attached hydrogens (tertiary/aromatic N) is 2. The van der Waals surface area contributed by atoms with Gasteiger partial charge in [0.05, 0.1) is 12.0 Å². The highest BCUT2D eigenvalue weighted by atomic mass is 19.1. The van der Waals surface area contributed by atoms with Crippen molar-refractivity contribution in [3.63, 3.8) is 0 Å². The number of rotatable bonds is 3. The summed E-state index contributed by atoms with van der Waals surface area (Å²) in [6, 6.07) is 6.67. The second-order valence-corrected chi connectivity index (χ2v) is 6.78. The van der Waals surface area contributed by atoms with Gasteiger partial charge in [0, 0.05) is 26.2 Å². The highest BCUT2D eigenvalue weighted by Gasteiger charge is 2.31. The summed E-state index contributed by atoms with van der Waals surface area (Å²) in [5.74, 6) is -0.0373. The molecule has 0 radical (unpaired) electrons. The SMILES string of the molecule is O=C(C1CCCN(Cc2cccc(F)c2)C1)N1CCCC(O)C1. The zero-order valence-corrected chi connectivity index (χ0v) is 13.5. The standard InChI is InChI=1S/C18H25FN2O2/c19-16-6-1-4-14(10-16)11-20-8-2-5-15(12-20)18(23)21-9-3-7-17(22)13-21/h1,4,6,10,15,17,22H,2-3,5,7-9,11-13H2. The lowest BCUT2D eigenvalue weighted by Crippen LogP contribution is -2.48. The normalized spacial score (nSPS) is 26.3. The molecule has 4 nitrogen and oxygen atoms in total. The number of benzene rings is 1. The molecule has 3 rings (SSSR count). The molecule has 1 aromatic rings. The quantitative estimate of drug-likeness (QED) is 0.927. The van der Waals surface area contributed by atoms with E-state index in [1.165, 1.54) is 6.07 Å². The van der Waals surface area contributed by atoms with Crippen LogP contribution < -0.4 is 0 Å². The number of aliphatic hydroxyl groups is 1. The van der Waals surface area contributed by atoms with Gasteiger partial charge in [-0.15, -0.1) is 0 Å². The number of carbonyl (C=O) groups is 1. The molecule has 1 amide bonds. The van der Waals surface area contributed by atoms with E-state index in [2.05, 4.69) is 4.90 Å². The molecule has 126 valence electrons. The first kappa shape index (κ1) is 16.4. The minimum Gasteiger partial charge on any atom is -0.391 e. The maximum Gasteiger partial charge on any atom is 0.227 e. The van der Waals surface area contributed by atoms with E-state index < -0.39 is 0 Å². The van der Waals surface area contributed by atoms with Gasteiger partial charge < -0.3 is 10.0 Å². The fourth-order valence-electron chi connectivity index (χ4n) is 3.71. The van der Waals surface area contributed by atoms with E-state index in [4.69, 9.17) is 0 Å². The fourth-order valence-corrected chi connectivity index (χ4v) is 3.71. The molecule has 0 bridgehead atoms. The van der Waals surface area contributed by atoms with Gasteiger partial charge in [0.15, 0.2) is 0 Å². The Morgan fingerprint density at radius 2 is 2.04 bits per heavy atom. The van der Waals surface area contributed by atoms with Crippen LogP contribution in [-0.4, -0.2) is 53.1 Å². The van der Waals surface area contributed by atoms with Gasteiger partial charge in [-0.2, -0.15) is 0 Å². The number of hydrogen-bond donors (Lipinski definition) is 1. The minimum absolute atomic E-state index is 0.00242. The highest BCUT2D eigenvalue weighted by Crippen LogP contribution is 2.22. The zero-order valence-electron chi connectivity index (χ0n) is 13.5. The van der Waals surface area contributed by atoms with E-state index in [1.807, 2.05) is 11.0 Å². The molecule has 0 spiro atoms. The van der Waals surface area contributed by atoms with Crippen molar-refractivity contribution in [3.8, 4) is 0 Å². The van der Waals surface area contributed by atoms with Crippen LogP contribution in [0.3, 0.4) is 0 Å². The highest BCUT2D eigenvalue weighted by molar-refractivity contribution is 5.79. The van der Waals surface area contributed by atoms with Crippen molar-refractivity contribution in [2.45, 2.75) is 38.3 Å². The van der Waals surface area contributed by atoms with Crippen LogP contribution in [0.2, 0.25) is 0 Å². The van der Waals surface area contributed by atoms with Crippen molar-refractivity contribution < 1.29 is 14.3 Å². The Morgan fingerprint density at radius 3 is 2.83 bits per heavy atom. The van der Waals surface area contributed by atoms with Crippen molar-refractivity contribution in [3.05, 3.63) is 35.6 Å². The monoisotopic (exact) mass is 320 g/mol. The molecule has 2 saturated heterocycles. The van der Waals surface area contributed by atoms with Gasteiger partial charge in [-0.25, -0.2) is 4.39 Å². The summed E-state index contributed by atoms with van der Waals surface area (Å²) >= 11 is 0. The van der Waals surface area contributed by atoms with Crippen LogP contribution in [0.15, 0.2) is 24.3 Å². The fraction of sp³-hybridized carbons (Fsp3) is 0.611. The predicted molar refractivity (Wildman–Crippen MR) is 86.2 cm³/mol. The van der Waals surface area contributed by atoms with Crippen LogP contribution in [0, 0.1) is 11.7 Å². The van der Waals surface area contributed by atoms with Gasteiger partial charge in [0.2, 0.25) is 5.91 Å². The van der Waals surface area contributed by atoms with Gasteiger partial charge in [0.25, 0.3) is 0 Å². The van der Waals surface area contributed by atoms with Crippen LogP contribution in [-0.2, 0) is 11.3 Å². The minimum atomic E-state index is -0.375. The van der Waals surface area contributed by atoms with Gasteiger partial charge in [-0.1, -0.05) is 12.1 Å². The molecule has 2 fully saturated rings. The van der Waals surface area contributed by atoms with Crippen LogP contribution in [0.5, 0.6) is 0 Å². The molecular formula is C18H25FN2O2. The Bertz CT molecular complexity index is 552. The largest absolute Gasteiger partial charge is 0.391 e. The van der Waals surface area contributed by atoms with E-state index in [9.17, 15) is 14.3 Å². The second-order valence-electron chi connectivity index (χ2n) is 6.78. The number of halogens is 1.